The Morgan fingerprint density at radius 3 is 2.65 bits per heavy atom. The molecule has 20 heavy (non-hydrogen) atoms. The molecule has 0 aliphatic heterocycles. The molecule has 0 heterocycles. The molecule has 0 fully saturated rings. The first-order valence-electron chi connectivity index (χ1n) is 6.51. The summed E-state index contributed by atoms with van der Waals surface area (Å²) in [5.41, 5.74) is 1.56. The number of hydrogen-bond acceptors (Lipinski definition) is 2. The molecule has 1 unspecified atom stereocenters. The zero-order valence-electron chi connectivity index (χ0n) is 11.5. The molecule has 0 aliphatic carbocycles. The molecule has 4 heteroatoms. The van der Waals surface area contributed by atoms with Crippen molar-refractivity contribution in [2.24, 2.45) is 0 Å². The lowest BCUT2D eigenvalue weighted by molar-refractivity contribution is 0.339. The summed E-state index contributed by atoms with van der Waals surface area (Å²) in [6, 6.07) is 12.5. The number of ether oxygens (including phenoxy) is 1. The number of rotatable bonds is 5. The van der Waals surface area contributed by atoms with Crippen molar-refractivity contribution in [2.75, 3.05) is 13.7 Å². The van der Waals surface area contributed by atoms with Gasteiger partial charge in [-0.05, 0) is 43.8 Å². The molecule has 0 aromatic heterocycles. The molecule has 0 amide bonds. The molecule has 0 radical (unpaired) electrons. The van der Waals surface area contributed by atoms with E-state index in [1.54, 1.807) is 6.07 Å². The number of hydrogen-bond donors (Lipinski definition) is 1. The van der Waals surface area contributed by atoms with Crippen LogP contribution in [0, 0.1) is 5.82 Å². The molecule has 2 aromatic rings. The summed E-state index contributed by atoms with van der Waals surface area (Å²) in [4.78, 5) is 0. The van der Waals surface area contributed by atoms with Crippen molar-refractivity contribution < 1.29 is 9.13 Å². The highest BCUT2D eigenvalue weighted by Crippen LogP contribution is 2.31. The van der Waals surface area contributed by atoms with Gasteiger partial charge in [-0.1, -0.05) is 34.1 Å². The third kappa shape index (κ3) is 3.19. The Labute approximate surface area is 127 Å². The molecule has 106 valence electrons. The molecule has 0 saturated heterocycles. The van der Waals surface area contributed by atoms with Gasteiger partial charge in [-0.25, -0.2) is 4.39 Å². The van der Waals surface area contributed by atoms with E-state index < -0.39 is 0 Å². The summed E-state index contributed by atoms with van der Waals surface area (Å²) < 4.78 is 20.4. The van der Waals surface area contributed by atoms with E-state index in [2.05, 4.69) is 21.2 Å². The Morgan fingerprint density at radius 2 is 2.00 bits per heavy atom. The molecule has 0 aliphatic rings. The van der Waals surface area contributed by atoms with E-state index in [4.69, 9.17) is 4.74 Å². The fraction of sp³-hybridized carbons (Fsp3) is 0.250. The van der Waals surface area contributed by atoms with Crippen molar-refractivity contribution in [3.8, 4) is 5.75 Å². The van der Waals surface area contributed by atoms with Crippen LogP contribution in [0.25, 0.3) is 0 Å². The second kappa shape index (κ2) is 6.86. The van der Waals surface area contributed by atoms with Crippen LogP contribution in [0.4, 0.5) is 4.39 Å². The van der Waals surface area contributed by atoms with Gasteiger partial charge in [-0.2, -0.15) is 0 Å². The normalized spacial score (nSPS) is 12.2. The van der Waals surface area contributed by atoms with E-state index in [0.29, 0.717) is 12.2 Å². The van der Waals surface area contributed by atoms with Crippen LogP contribution in [0.15, 0.2) is 46.9 Å². The maximum atomic E-state index is 14.1. The first-order chi connectivity index (χ1) is 9.67. The van der Waals surface area contributed by atoms with Crippen LogP contribution >= 0.6 is 15.9 Å². The van der Waals surface area contributed by atoms with Gasteiger partial charge in [0.15, 0.2) is 0 Å². The second-order valence-electron chi connectivity index (χ2n) is 4.36. The van der Waals surface area contributed by atoms with Crippen LogP contribution < -0.4 is 10.1 Å². The highest BCUT2D eigenvalue weighted by atomic mass is 79.9. The lowest BCUT2D eigenvalue weighted by Gasteiger charge is -2.20. The van der Waals surface area contributed by atoms with Crippen molar-refractivity contribution in [1.29, 1.82) is 0 Å². The van der Waals surface area contributed by atoms with Crippen molar-refractivity contribution in [1.82, 2.24) is 5.32 Å². The smallest absolute Gasteiger partial charge is 0.129 e. The topological polar surface area (TPSA) is 21.3 Å². The van der Waals surface area contributed by atoms with Crippen LogP contribution in [0.5, 0.6) is 5.75 Å². The molecular weight excluding hydrogens is 321 g/mol. The van der Waals surface area contributed by atoms with E-state index in [9.17, 15) is 4.39 Å². The number of benzene rings is 2. The van der Waals surface area contributed by atoms with Crippen LogP contribution in [0.2, 0.25) is 0 Å². The van der Waals surface area contributed by atoms with Gasteiger partial charge in [0.2, 0.25) is 0 Å². The first kappa shape index (κ1) is 15.0. The molecular formula is C16H17BrFNO. The lowest BCUT2D eigenvalue weighted by atomic mass is 9.98. The third-order valence-corrected chi connectivity index (χ3v) is 3.77. The van der Waals surface area contributed by atoms with Crippen molar-refractivity contribution in [3.63, 3.8) is 0 Å². The Hall–Kier alpha value is -1.39. The predicted octanol–water partition coefficient (Wildman–Crippen LogP) is 4.30. The van der Waals surface area contributed by atoms with Gasteiger partial charge in [0, 0.05) is 10.0 Å². The number of nitrogens with one attached hydrogen (secondary N) is 1. The van der Waals surface area contributed by atoms with Crippen LogP contribution in [-0.4, -0.2) is 13.7 Å². The third-order valence-electron chi connectivity index (χ3n) is 3.08. The van der Waals surface area contributed by atoms with E-state index >= 15 is 0 Å². The average Bonchev–Trinajstić information content (AvgIpc) is 2.44. The second-order valence-corrected chi connectivity index (χ2v) is 5.22. The summed E-state index contributed by atoms with van der Waals surface area (Å²) >= 11 is 3.42. The van der Waals surface area contributed by atoms with Crippen LogP contribution in [0.3, 0.4) is 0 Å². The summed E-state index contributed by atoms with van der Waals surface area (Å²) in [6.45, 7) is 2.55. The minimum atomic E-state index is -0.236. The van der Waals surface area contributed by atoms with Crippen LogP contribution in [0.1, 0.15) is 24.1 Å². The Balaban J connectivity index is 2.44. The predicted molar refractivity (Wildman–Crippen MR) is 82.6 cm³/mol. The summed E-state index contributed by atoms with van der Waals surface area (Å²) in [7, 11) is 1.82. The zero-order valence-corrected chi connectivity index (χ0v) is 13.1. The number of halogens is 2. The lowest BCUT2D eigenvalue weighted by Crippen LogP contribution is -2.19. The quantitative estimate of drug-likeness (QED) is 0.878. The molecule has 2 nitrogen and oxygen atoms in total. The monoisotopic (exact) mass is 337 g/mol. The van der Waals surface area contributed by atoms with Crippen molar-refractivity contribution >= 4 is 15.9 Å². The average molecular weight is 338 g/mol. The van der Waals surface area contributed by atoms with E-state index in [1.165, 1.54) is 6.07 Å². The summed E-state index contributed by atoms with van der Waals surface area (Å²) in [5, 5.41) is 3.16. The Kier molecular flexibility index (Phi) is 5.15. The molecule has 0 saturated carbocycles. The van der Waals surface area contributed by atoms with E-state index in [1.807, 2.05) is 44.3 Å². The van der Waals surface area contributed by atoms with Gasteiger partial charge in [0.1, 0.15) is 11.6 Å². The Bertz CT molecular complexity index is 568. The molecule has 2 rings (SSSR count). The minimum absolute atomic E-state index is 0.231. The van der Waals surface area contributed by atoms with Gasteiger partial charge in [0.05, 0.1) is 12.6 Å². The van der Waals surface area contributed by atoms with E-state index in [0.717, 1.165) is 15.8 Å². The molecule has 1 atom stereocenters. The highest BCUT2D eigenvalue weighted by molar-refractivity contribution is 9.10. The molecule has 0 spiro atoms. The highest BCUT2D eigenvalue weighted by Gasteiger charge is 2.19. The summed E-state index contributed by atoms with van der Waals surface area (Å²) in [6.07, 6.45) is 0. The largest absolute Gasteiger partial charge is 0.494 e. The van der Waals surface area contributed by atoms with Crippen LogP contribution in [-0.2, 0) is 0 Å². The molecule has 2 aromatic carbocycles. The van der Waals surface area contributed by atoms with E-state index in [-0.39, 0.29) is 11.9 Å². The fourth-order valence-electron chi connectivity index (χ4n) is 2.21. The van der Waals surface area contributed by atoms with Crippen molar-refractivity contribution in [3.05, 3.63) is 63.9 Å². The van der Waals surface area contributed by atoms with Gasteiger partial charge in [-0.15, -0.1) is 0 Å². The molecule has 0 bridgehead atoms. The first-order valence-corrected chi connectivity index (χ1v) is 7.30. The van der Waals surface area contributed by atoms with Gasteiger partial charge >= 0.3 is 0 Å². The maximum Gasteiger partial charge on any atom is 0.129 e. The minimum Gasteiger partial charge on any atom is -0.494 e. The molecule has 1 N–H and O–H groups in total. The van der Waals surface area contributed by atoms with Gasteiger partial charge < -0.3 is 10.1 Å². The van der Waals surface area contributed by atoms with Crippen molar-refractivity contribution in [2.45, 2.75) is 13.0 Å². The van der Waals surface area contributed by atoms with Gasteiger partial charge in [0.25, 0.3) is 0 Å². The summed E-state index contributed by atoms with van der Waals surface area (Å²) in [5.74, 6) is 0.554. The zero-order chi connectivity index (χ0) is 14.5. The van der Waals surface area contributed by atoms with Gasteiger partial charge in [-0.3, -0.25) is 0 Å². The SMILES string of the molecule is CCOc1cccc(C(NC)c2c(F)cccc2Br)c1. The maximum absolute atomic E-state index is 14.1. The standard InChI is InChI=1S/C16H17BrFNO/c1-3-20-12-7-4-6-11(10-12)16(19-2)15-13(17)8-5-9-14(15)18/h4-10,16,19H,3H2,1-2H3. The Morgan fingerprint density at radius 1 is 1.25 bits per heavy atom. The fourth-order valence-corrected chi connectivity index (χ4v) is 2.79.